The molecule has 1 aliphatic heterocycles. The van der Waals surface area contributed by atoms with Crippen molar-refractivity contribution in [2.75, 3.05) is 4.90 Å². The highest BCUT2D eigenvalue weighted by Crippen LogP contribution is 2.35. The van der Waals surface area contributed by atoms with Crippen molar-refractivity contribution < 1.29 is 19.5 Å². The summed E-state index contributed by atoms with van der Waals surface area (Å²) in [5, 5.41) is 10.7. The largest absolute Gasteiger partial charge is 0.477 e. The van der Waals surface area contributed by atoms with Gasteiger partial charge in [0.1, 0.15) is 4.88 Å². The van der Waals surface area contributed by atoms with Crippen LogP contribution in [0.25, 0.3) is 0 Å². The topological polar surface area (TPSA) is 74.7 Å². The molecule has 1 aromatic rings. The van der Waals surface area contributed by atoms with E-state index in [4.69, 9.17) is 5.11 Å². The molecular weight excluding hydrogens is 254 g/mol. The number of rotatable bonds is 2. The first-order valence-corrected chi connectivity index (χ1v) is 6.11. The van der Waals surface area contributed by atoms with Crippen LogP contribution in [0.5, 0.6) is 0 Å². The molecule has 2 rings (SSSR count). The molecule has 0 radical (unpaired) electrons. The first-order valence-electron chi connectivity index (χ1n) is 5.24. The van der Waals surface area contributed by atoms with E-state index in [0.717, 1.165) is 16.2 Å². The molecular formula is C12H11NO4S. The number of anilines is 1. The average Bonchev–Trinajstić information content (AvgIpc) is 2.76. The SMILES string of the molecule is CC1=C(C)C(=O)N(c2c(C)csc2C(=O)O)C1=O. The molecule has 0 aromatic carbocycles. The van der Waals surface area contributed by atoms with E-state index in [0.29, 0.717) is 16.7 Å². The summed E-state index contributed by atoms with van der Waals surface area (Å²) in [7, 11) is 0. The van der Waals surface area contributed by atoms with Crippen molar-refractivity contribution in [1.82, 2.24) is 0 Å². The van der Waals surface area contributed by atoms with Gasteiger partial charge in [-0.3, -0.25) is 9.59 Å². The summed E-state index contributed by atoms with van der Waals surface area (Å²) in [4.78, 5) is 36.1. The molecule has 0 bridgehead atoms. The molecule has 2 heterocycles. The first kappa shape index (κ1) is 12.5. The third-order valence-corrected chi connectivity index (χ3v) is 4.05. The lowest BCUT2D eigenvalue weighted by molar-refractivity contribution is -0.120. The third-order valence-electron chi connectivity index (χ3n) is 2.97. The molecule has 0 spiro atoms. The Morgan fingerprint density at radius 3 is 2.11 bits per heavy atom. The maximum Gasteiger partial charge on any atom is 0.348 e. The number of carbonyl (C=O) groups is 3. The number of aryl methyl sites for hydroxylation is 1. The summed E-state index contributed by atoms with van der Waals surface area (Å²) in [6, 6.07) is 0. The van der Waals surface area contributed by atoms with Gasteiger partial charge in [-0.2, -0.15) is 0 Å². The summed E-state index contributed by atoms with van der Waals surface area (Å²) in [6.45, 7) is 4.82. The Kier molecular flexibility index (Phi) is 2.82. The minimum atomic E-state index is -1.13. The van der Waals surface area contributed by atoms with Crippen molar-refractivity contribution in [3.8, 4) is 0 Å². The highest BCUT2D eigenvalue weighted by Gasteiger charge is 2.38. The molecule has 0 aliphatic carbocycles. The van der Waals surface area contributed by atoms with Crippen LogP contribution in [0.1, 0.15) is 29.1 Å². The number of nitrogens with zero attached hydrogens (tertiary/aromatic N) is 1. The Hall–Kier alpha value is -1.95. The maximum atomic E-state index is 12.0. The highest BCUT2D eigenvalue weighted by molar-refractivity contribution is 7.12. The second-order valence-electron chi connectivity index (χ2n) is 4.10. The summed E-state index contributed by atoms with van der Waals surface area (Å²) >= 11 is 1.01. The Balaban J connectivity index is 2.59. The van der Waals surface area contributed by atoms with E-state index in [-0.39, 0.29) is 10.6 Å². The number of amides is 2. The molecule has 5 nitrogen and oxygen atoms in total. The second-order valence-corrected chi connectivity index (χ2v) is 4.98. The zero-order chi connectivity index (χ0) is 13.6. The zero-order valence-corrected chi connectivity index (χ0v) is 10.9. The molecule has 0 saturated carbocycles. The lowest BCUT2D eigenvalue weighted by Crippen LogP contribution is -2.32. The summed E-state index contributed by atoms with van der Waals surface area (Å²) in [6.07, 6.45) is 0. The Bertz CT molecular complexity index is 588. The van der Waals surface area contributed by atoms with Gasteiger partial charge in [-0.25, -0.2) is 9.69 Å². The molecule has 0 unspecified atom stereocenters. The van der Waals surface area contributed by atoms with Crippen molar-refractivity contribution in [3.05, 3.63) is 27.0 Å². The van der Waals surface area contributed by atoms with Crippen LogP contribution in [0, 0.1) is 6.92 Å². The second kappa shape index (κ2) is 4.06. The lowest BCUT2D eigenvalue weighted by Gasteiger charge is -2.15. The van der Waals surface area contributed by atoms with Crippen molar-refractivity contribution in [3.63, 3.8) is 0 Å². The van der Waals surface area contributed by atoms with Crippen molar-refractivity contribution in [2.24, 2.45) is 0 Å². The number of imide groups is 1. The number of hydrogen-bond donors (Lipinski definition) is 1. The van der Waals surface area contributed by atoms with Gasteiger partial charge >= 0.3 is 5.97 Å². The molecule has 1 N–H and O–H groups in total. The van der Waals surface area contributed by atoms with Crippen molar-refractivity contribution in [2.45, 2.75) is 20.8 Å². The molecule has 2 amide bonds. The minimum Gasteiger partial charge on any atom is -0.477 e. The van der Waals surface area contributed by atoms with Crippen LogP contribution >= 0.6 is 11.3 Å². The fourth-order valence-electron chi connectivity index (χ4n) is 1.82. The summed E-state index contributed by atoms with van der Waals surface area (Å²) in [5.74, 6) is -2.02. The number of thiophene rings is 1. The Labute approximate surface area is 107 Å². The fourth-order valence-corrected chi connectivity index (χ4v) is 2.69. The number of carbonyl (C=O) groups excluding carboxylic acids is 2. The van der Waals surface area contributed by atoms with Gasteiger partial charge in [0.05, 0.1) is 5.69 Å². The van der Waals surface area contributed by atoms with Crippen molar-refractivity contribution in [1.29, 1.82) is 0 Å². The van der Waals surface area contributed by atoms with Gasteiger partial charge in [0.15, 0.2) is 0 Å². The number of aromatic carboxylic acids is 1. The van der Waals surface area contributed by atoms with Gasteiger partial charge in [-0.05, 0) is 31.7 Å². The van der Waals surface area contributed by atoms with Crippen LogP contribution in [-0.2, 0) is 9.59 Å². The van der Waals surface area contributed by atoms with Gasteiger partial charge < -0.3 is 5.11 Å². The molecule has 0 fully saturated rings. The lowest BCUT2D eigenvalue weighted by atomic mass is 10.2. The smallest absolute Gasteiger partial charge is 0.348 e. The molecule has 0 atom stereocenters. The van der Waals surface area contributed by atoms with Crippen LogP contribution in [0.15, 0.2) is 16.5 Å². The van der Waals surface area contributed by atoms with Gasteiger partial charge in [0, 0.05) is 11.1 Å². The van der Waals surface area contributed by atoms with Gasteiger partial charge in [-0.1, -0.05) is 0 Å². The van der Waals surface area contributed by atoms with Gasteiger partial charge in [-0.15, -0.1) is 11.3 Å². The van der Waals surface area contributed by atoms with E-state index in [1.165, 1.54) is 0 Å². The summed E-state index contributed by atoms with van der Waals surface area (Å²) in [5.41, 5.74) is 1.53. The summed E-state index contributed by atoms with van der Waals surface area (Å²) < 4.78 is 0. The van der Waals surface area contributed by atoms with E-state index in [9.17, 15) is 14.4 Å². The molecule has 0 saturated heterocycles. The standard InChI is InChI=1S/C12H11NO4S/c1-5-4-18-9(12(16)17)8(5)13-10(14)6(2)7(3)11(13)15/h4H,1-3H3,(H,16,17). The van der Waals surface area contributed by atoms with Crippen LogP contribution in [0.4, 0.5) is 5.69 Å². The van der Waals surface area contributed by atoms with Gasteiger partial charge in [0.25, 0.3) is 11.8 Å². The van der Waals surface area contributed by atoms with Crippen LogP contribution in [0.2, 0.25) is 0 Å². The highest BCUT2D eigenvalue weighted by atomic mass is 32.1. The van der Waals surface area contributed by atoms with E-state index < -0.39 is 17.8 Å². The van der Waals surface area contributed by atoms with E-state index in [1.807, 2.05) is 0 Å². The van der Waals surface area contributed by atoms with Crippen LogP contribution < -0.4 is 4.90 Å². The number of hydrogen-bond acceptors (Lipinski definition) is 4. The Morgan fingerprint density at radius 1 is 1.17 bits per heavy atom. The van der Waals surface area contributed by atoms with Crippen LogP contribution in [0.3, 0.4) is 0 Å². The molecule has 1 aliphatic rings. The molecule has 1 aromatic heterocycles. The monoisotopic (exact) mass is 265 g/mol. The van der Waals surface area contributed by atoms with Gasteiger partial charge in [0.2, 0.25) is 0 Å². The average molecular weight is 265 g/mol. The number of carboxylic acid groups (broad SMARTS) is 1. The first-order chi connectivity index (χ1) is 8.36. The number of carboxylic acids is 1. The molecule has 94 valence electrons. The minimum absolute atomic E-state index is 0.0108. The molecule has 18 heavy (non-hydrogen) atoms. The predicted octanol–water partition coefficient (Wildman–Crippen LogP) is 1.96. The molecule has 6 heteroatoms. The zero-order valence-electron chi connectivity index (χ0n) is 10.1. The van der Waals surface area contributed by atoms with E-state index in [2.05, 4.69) is 0 Å². The Morgan fingerprint density at radius 2 is 1.67 bits per heavy atom. The quantitative estimate of drug-likeness (QED) is 0.829. The van der Waals surface area contributed by atoms with E-state index >= 15 is 0 Å². The predicted molar refractivity (Wildman–Crippen MR) is 66.9 cm³/mol. The van der Waals surface area contributed by atoms with E-state index in [1.54, 1.807) is 26.2 Å². The third kappa shape index (κ3) is 1.57. The fraction of sp³-hybridized carbons (Fsp3) is 0.250. The van der Waals surface area contributed by atoms with Crippen LogP contribution in [-0.4, -0.2) is 22.9 Å². The normalized spacial score (nSPS) is 15.8. The maximum absolute atomic E-state index is 12.0. The van der Waals surface area contributed by atoms with Crippen molar-refractivity contribution >= 4 is 34.8 Å².